The molecule has 0 saturated carbocycles. The quantitative estimate of drug-likeness (QED) is 0.648. The molecular weight excluding hydrogens is 350 g/mol. The number of hydrogen-bond acceptors (Lipinski definition) is 7. The summed E-state index contributed by atoms with van der Waals surface area (Å²) in [5.41, 5.74) is 0.892. The predicted octanol–water partition coefficient (Wildman–Crippen LogP) is 2.22. The third kappa shape index (κ3) is 3.25. The Labute approximate surface area is 154 Å². The lowest BCUT2D eigenvalue weighted by Crippen LogP contribution is -2.51. The summed E-state index contributed by atoms with van der Waals surface area (Å²) in [6.45, 7) is 5.77. The molecule has 0 aliphatic carbocycles. The molecule has 9 heteroatoms. The fourth-order valence-corrected chi connectivity index (χ4v) is 3.68. The van der Waals surface area contributed by atoms with E-state index in [1.807, 2.05) is 29.3 Å². The minimum absolute atomic E-state index is 0.00854. The SMILES string of the molecule is C=CC(=O)N1CC(CNc2nc(Nc3cn(C)cn3)nc3ccsc23)C1. The van der Waals surface area contributed by atoms with Gasteiger partial charge in [-0.1, -0.05) is 6.58 Å². The summed E-state index contributed by atoms with van der Waals surface area (Å²) in [5.74, 6) is 2.42. The molecule has 2 N–H and O–H groups in total. The van der Waals surface area contributed by atoms with Crippen LogP contribution in [0.1, 0.15) is 0 Å². The Balaban J connectivity index is 1.46. The third-order valence-electron chi connectivity index (χ3n) is 4.25. The number of carbonyl (C=O) groups excluding carboxylic acids is 1. The molecule has 4 heterocycles. The molecule has 0 radical (unpaired) electrons. The molecule has 26 heavy (non-hydrogen) atoms. The zero-order valence-electron chi connectivity index (χ0n) is 14.3. The summed E-state index contributed by atoms with van der Waals surface area (Å²) in [6, 6.07) is 1.98. The van der Waals surface area contributed by atoms with Crippen LogP contribution in [0.25, 0.3) is 10.2 Å². The van der Waals surface area contributed by atoms with Crippen LogP contribution in [0.15, 0.2) is 36.6 Å². The number of anilines is 3. The molecule has 0 spiro atoms. The Morgan fingerprint density at radius 3 is 3.04 bits per heavy atom. The molecule has 1 saturated heterocycles. The minimum atomic E-state index is -0.00854. The van der Waals surface area contributed by atoms with E-state index in [9.17, 15) is 4.79 Å². The Morgan fingerprint density at radius 1 is 1.46 bits per heavy atom. The van der Waals surface area contributed by atoms with Crippen LogP contribution in [0.2, 0.25) is 0 Å². The molecule has 3 aromatic rings. The molecule has 0 atom stereocenters. The van der Waals surface area contributed by atoms with E-state index in [2.05, 4.69) is 32.2 Å². The van der Waals surface area contributed by atoms with Crippen molar-refractivity contribution in [1.29, 1.82) is 0 Å². The third-order valence-corrected chi connectivity index (χ3v) is 5.16. The number of likely N-dealkylation sites (tertiary alicyclic amines) is 1. The Morgan fingerprint density at radius 2 is 2.31 bits per heavy atom. The average Bonchev–Trinajstić information content (AvgIpc) is 3.21. The highest BCUT2D eigenvalue weighted by molar-refractivity contribution is 7.17. The van der Waals surface area contributed by atoms with Gasteiger partial charge in [-0.2, -0.15) is 4.98 Å². The van der Waals surface area contributed by atoms with Gasteiger partial charge in [-0.3, -0.25) is 4.79 Å². The van der Waals surface area contributed by atoms with Gasteiger partial charge in [0.1, 0.15) is 5.82 Å². The number of aromatic nitrogens is 4. The molecule has 3 aromatic heterocycles. The van der Waals surface area contributed by atoms with Crippen LogP contribution in [0, 0.1) is 5.92 Å². The van der Waals surface area contributed by atoms with Crippen molar-refractivity contribution in [3.05, 3.63) is 36.6 Å². The Kier molecular flexibility index (Phi) is 4.29. The van der Waals surface area contributed by atoms with Gasteiger partial charge >= 0.3 is 0 Å². The van der Waals surface area contributed by atoms with E-state index in [4.69, 9.17) is 0 Å². The topological polar surface area (TPSA) is 88.0 Å². The summed E-state index contributed by atoms with van der Waals surface area (Å²) in [4.78, 5) is 26.7. The molecular formula is C17H19N7OS. The number of fused-ring (bicyclic) bond motifs is 1. The summed E-state index contributed by atoms with van der Waals surface area (Å²) >= 11 is 1.61. The molecule has 0 unspecified atom stereocenters. The molecule has 1 fully saturated rings. The lowest BCUT2D eigenvalue weighted by Gasteiger charge is -2.38. The van der Waals surface area contributed by atoms with Gasteiger partial charge in [-0.15, -0.1) is 11.3 Å². The van der Waals surface area contributed by atoms with Gasteiger partial charge in [-0.25, -0.2) is 9.97 Å². The number of hydrogen-bond donors (Lipinski definition) is 2. The number of aryl methyl sites for hydroxylation is 1. The molecule has 1 aliphatic heterocycles. The monoisotopic (exact) mass is 369 g/mol. The second-order valence-electron chi connectivity index (χ2n) is 6.27. The van der Waals surface area contributed by atoms with E-state index in [1.165, 1.54) is 6.08 Å². The van der Waals surface area contributed by atoms with Crippen molar-refractivity contribution in [1.82, 2.24) is 24.4 Å². The van der Waals surface area contributed by atoms with Crippen LogP contribution in [-0.2, 0) is 11.8 Å². The van der Waals surface area contributed by atoms with Crippen LogP contribution in [0.5, 0.6) is 0 Å². The van der Waals surface area contributed by atoms with E-state index in [0.29, 0.717) is 17.7 Å². The second kappa shape index (κ2) is 6.75. The lowest BCUT2D eigenvalue weighted by atomic mass is 10.00. The van der Waals surface area contributed by atoms with Gasteiger partial charge in [-0.05, 0) is 17.5 Å². The standard InChI is InChI=1S/C17H19N7OS/c1-3-14(25)24-7-11(8-24)6-18-16-15-12(4-5-26-15)20-17(22-16)21-13-9-23(2)10-19-13/h3-5,9-11H,1,6-8H2,2H3,(H2,18,20,21,22). The first kappa shape index (κ1) is 16.5. The van der Waals surface area contributed by atoms with Crippen molar-refractivity contribution < 1.29 is 4.79 Å². The molecule has 0 bridgehead atoms. The highest BCUT2D eigenvalue weighted by atomic mass is 32.1. The van der Waals surface area contributed by atoms with E-state index < -0.39 is 0 Å². The van der Waals surface area contributed by atoms with Crippen molar-refractivity contribution in [2.24, 2.45) is 13.0 Å². The van der Waals surface area contributed by atoms with E-state index in [1.54, 1.807) is 22.6 Å². The van der Waals surface area contributed by atoms with Crippen LogP contribution in [0.4, 0.5) is 17.6 Å². The van der Waals surface area contributed by atoms with Crippen LogP contribution < -0.4 is 10.6 Å². The molecule has 0 aromatic carbocycles. The van der Waals surface area contributed by atoms with Gasteiger partial charge in [0.25, 0.3) is 0 Å². The van der Waals surface area contributed by atoms with Crippen molar-refractivity contribution >= 4 is 45.0 Å². The van der Waals surface area contributed by atoms with Crippen molar-refractivity contribution in [2.75, 3.05) is 30.3 Å². The van der Waals surface area contributed by atoms with Gasteiger partial charge in [0.05, 0.1) is 16.5 Å². The van der Waals surface area contributed by atoms with Gasteiger partial charge in [0.2, 0.25) is 11.9 Å². The normalized spacial score (nSPS) is 14.3. The smallest absolute Gasteiger partial charge is 0.245 e. The number of thiophene rings is 1. The van der Waals surface area contributed by atoms with Gasteiger partial charge < -0.3 is 20.1 Å². The van der Waals surface area contributed by atoms with E-state index in [-0.39, 0.29) is 5.91 Å². The van der Waals surface area contributed by atoms with Gasteiger partial charge in [0, 0.05) is 38.8 Å². The van der Waals surface area contributed by atoms with Crippen LogP contribution in [-0.4, -0.2) is 50.0 Å². The number of nitrogens with one attached hydrogen (secondary N) is 2. The van der Waals surface area contributed by atoms with E-state index >= 15 is 0 Å². The number of imidazole rings is 1. The molecule has 134 valence electrons. The summed E-state index contributed by atoms with van der Waals surface area (Å²) in [5, 5.41) is 8.56. The molecule has 1 amide bonds. The van der Waals surface area contributed by atoms with E-state index in [0.717, 1.165) is 35.7 Å². The summed E-state index contributed by atoms with van der Waals surface area (Å²) in [7, 11) is 1.91. The summed E-state index contributed by atoms with van der Waals surface area (Å²) < 4.78 is 2.88. The number of carbonyl (C=O) groups is 1. The molecule has 8 nitrogen and oxygen atoms in total. The molecule has 4 rings (SSSR count). The zero-order chi connectivity index (χ0) is 18.1. The van der Waals surface area contributed by atoms with Crippen LogP contribution >= 0.6 is 11.3 Å². The zero-order valence-corrected chi connectivity index (χ0v) is 15.2. The first-order valence-electron chi connectivity index (χ1n) is 8.28. The summed E-state index contributed by atoms with van der Waals surface area (Å²) in [6.07, 6.45) is 4.95. The Hall–Kier alpha value is -2.94. The van der Waals surface area contributed by atoms with Crippen molar-refractivity contribution in [2.45, 2.75) is 0 Å². The maximum absolute atomic E-state index is 11.5. The number of rotatable bonds is 6. The van der Waals surface area contributed by atoms with Crippen molar-refractivity contribution in [3.63, 3.8) is 0 Å². The number of amides is 1. The first-order valence-corrected chi connectivity index (χ1v) is 9.16. The maximum atomic E-state index is 11.5. The maximum Gasteiger partial charge on any atom is 0.245 e. The Bertz CT molecular complexity index is 957. The lowest BCUT2D eigenvalue weighted by molar-refractivity contribution is -0.131. The second-order valence-corrected chi connectivity index (χ2v) is 7.19. The van der Waals surface area contributed by atoms with Crippen molar-refractivity contribution in [3.8, 4) is 0 Å². The first-order chi connectivity index (χ1) is 12.6. The predicted molar refractivity (Wildman–Crippen MR) is 103 cm³/mol. The minimum Gasteiger partial charge on any atom is -0.368 e. The number of nitrogens with zero attached hydrogens (tertiary/aromatic N) is 5. The molecule has 1 aliphatic rings. The fourth-order valence-electron chi connectivity index (χ4n) is 2.88. The van der Waals surface area contributed by atoms with Crippen LogP contribution in [0.3, 0.4) is 0 Å². The highest BCUT2D eigenvalue weighted by Crippen LogP contribution is 2.28. The van der Waals surface area contributed by atoms with Gasteiger partial charge in [0.15, 0.2) is 5.82 Å². The highest BCUT2D eigenvalue weighted by Gasteiger charge is 2.29. The fraction of sp³-hybridized carbons (Fsp3) is 0.294. The largest absolute Gasteiger partial charge is 0.368 e. The average molecular weight is 369 g/mol.